The van der Waals surface area contributed by atoms with Crippen LogP contribution in [0.2, 0.25) is 0 Å². The molecule has 3 aromatic heterocycles. The van der Waals surface area contributed by atoms with E-state index in [1.807, 2.05) is 37.3 Å². The zero-order valence-electron chi connectivity index (χ0n) is 12.9. The van der Waals surface area contributed by atoms with Crippen LogP contribution in [0.1, 0.15) is 5.69 Å². The van der Waals surface area contributed by atoms with E-state index in [1.54, 1.807) is 24.5 Å². The van der Waals surface area contributed by atoms with Gasteiger partial charge in [0.2, 0.25) is 5.88 Å². The van der Waals surface area contributed by atoms with E-state index in [2.05, 4.69) is 15.1 Å². The van der Waals surface area contributed by atoms with Crippen molar-refractivity contribution in [3.8, 4) is 28.1 Å². The first-order chi connectivity index (χ1) is 11.7. The molecule has 0 aliphatic heterocycles. The molecular formula is C18H14N4O2. The third-order valence-corrected chi connectivity index (χ3v) is 3.98. The summed E-state index contributed by atoms with van der Waals surface area (Å²) < 4.78 is 1.37. The number of aromatic nitrogens is 4. The standard InChI is InChI=1S/C18H14N4O2/c1-11-14(13-7-9-19-10-8-13)16-20-17(23)15(18(24)22(16)21-11)12-5-3-2-4-6-12/h2-10,24H,1H3,(H,20,23). The summed E-state index contributed by atoms with van der Waals surface area (Å²) in [5.74, 6) is -0.177. The summed E-state index contributed by atoms with van der Waals surface area (Å²) in [4.78, 5) is 19.4. The van der Waals surface area contributed by atoms with Gasteiger partial charge in [-0.2, -0.15) is 9.61 Å². The second kappa shape index (κ2) is 5.34. The Morgan fingerprint density at radius 1 is 1.00 bits per heavy atom. The molecular weight excluding hydrogens is 304 g/mol. The van der Waals surface area contributed by atoms with Gasteiger partial charge in [-0.15, -0.1) is 0 Å². The van der Waals surface area contributed by atoms with Gasteiger partial charge in [-0.25, -0.2) is 0 Å². The van der Waals surface area contributed by atoms with Crippen molar-refractivity contribution < 1.29 is 5.11 Å². The van der Waals surface area contributed by atoms with Gasteiger partial charge in [-0.05, 0) is 30.2 Å². The first kappa shape index (κ1) is 14.2. The van der Waals surface area contributed by atoms with Crippen molar-refractivity contribution in [3.63, 3.8) is 0 Å². The van der Waals surface area contributed by atoms with Gasteiger partial charge in [0.1, 0.15) is 11.2 Å². The molecule has 0 unspecified atom stereocenters. The lowest BCUT2D eigenvalue weighted by Crippen LogP contribution is -2.12. The number of fused-ring (bicyclic) bond motifs is 1. The maximum atomic E-state index is 12.6. The lowest BCUT2D eigenvalue weighted by atomic mass is 10.1. The molecule has 0 radical (unpaired) electrons. The first-order valence-corrected chi connectivity index (χ1v) is 7.47. The van der Waals surface area contributed by atoms with Crippen LogP contribution in [0.5, 0.6) is 5.88 Å². The van der Waals surface area contributed by atoms with Crippen LogP contribution in [-0.4, -0.2) is 24.7 Å². The lowest BCUT2D eigenvalue weighted by molar-refractivity contribution is 0.436. The first-order valence-electron chi connectivity index (χ1n) is 7.47. The van der Waals surface area contributed by atoms with E-state index < -0.39 is 0 Å². The second-order valence-corrected chi connectivity index (χ2v) is 5.48. The summed E-state index contributed by atoms with van der Waals surface area (Å²) in [6.07, 6.45) is 3.35. The van der Waals surface area contributed by atoms with Crippen molar-refractivity contribution in [3.05, 3.63) is 70.9 Å². The highest BCUT2D eigenvalue weighted by atomic mass is 16.3. The van der Waals surface area contributed by atoms with Crippen LogP contribution in [0, 0.1) is 6.92 Å². The monoisotopic (exact) mass is 318 g/mol. The summed E-state index contributed by atoms with van der Waals surface area (Å²) in [6.45, 7) is 1.84. The van der Waals surface area contributed by atoms with Gasteiger partial charge in [0, 0.05) is 18.0 Å². The highest BCUT2D eigenvalue weighted by Crippen LogP contribution is 2.31. The number of nitrogens with zero attached hydrogens (tertiary/aromatic N) is 3. The van der Waals surface area contributed by atoms with Crippen molar-refractivity contribution >= 4 is 5.65 Å². The molecule has 2 N–H and O–H groups in total. The number of aromatic amines is 1. The van der Waals surface area contributed by atoms with E-state index in [0.29, 0.717) is 16.9 Å². The van der Waals surface area contributed by atoms with Crippen LogP contribution in [-0.2, 0) is 0 Å². The van der Waals surface area contributed by atoms with Gasteiger partial charge in [0.15, 0.2) is 0 Å². The zero-order valence-corrected chi connectivity index (χ0v) is 12.9. The molecule has 4 aromatic rings. The molecule has 0 aliphatic rings. The number of pyridine rings is 1. The number of nitrogens with one attached hydrogen (secondary N) is 1. The topological polar surface area (TPSA) is 83.3 Å². The minimum Gasteiger partial charge on any atom is -0.493 e. The number of hydrogen-bond donors (Lipinski definition) is 2. The van der Waals surface area contributed by atoms with E-state index in [9.17, 15) is 9.90 Å². The number of benzene rings is 1. The van der Waals surface area contributed by atoms with Crippen LogP contribution in [0.3, 0.4) is 0 Å². The molecule has 118 valence electrons. The van der Waals surface area contributed by atoms with Crippen LogP contribution >= 0.6 is 0 Å². The molecule has 1 aromatic carbocycles. The largest absolute Gasteiger partial charge is 0.493 e. The van der Waals surface area contributed by atoms with E-state index in [4.69, 9.17) is 0 Å². The van der Waals surface area contributed by atoms with Crippen molar-refractivity contribution in [2.45, 2.75) is 6.92 Å². The quantitative estimate of drug-likeness (QED) is 0.595. The minimum absolute atomic E-state index is 0.177. The summed E-state index contributed by atoms with van der Waals surface area (Å²) in [5, 5.41) is 15.0. The molecule has 6 nitrogen and oxygen atoms in total. The summed E-state index contributed by atoms with van der Waals surface area (Å²) >= 11 is 0. The highest BCUT2D eigenvalue weighted by molar-refractivity contribution is 5.81. The molecule has 0 atom stereocenters. The molecule has 0 spiro atoms. The number of rotatable bonds is 2. The van der Waals surface area contributed by atoms with Gasteiger partial charge in [0.25, 0.3) is 5.56 Å². The third-order valence-electron chi connectivity index (χ3n) is 3.98. The van der Waals surface area contributed by atoms with Gasteiger partial charge in [-0.1, -0.05) is 30.3 Å². The fraction of sp³-hybridized carbons (Fsp3) is 0.0556. The maximum absolute atomic E-state index is 12.6. The molecule has 4 rings (SSSR count). The van der Waals surface area contributed by atoms with Crippen molar-refractivity contribution in [2.24, 2.45) is 0 Å². The Kier molecular flexibility index (Phi) is 3.16. The van der Waals surface area contributed by atoms with Crippen molar-refractivity contribution in [2.75, 3.05) is 0 Å². The molecule has 24 heavy (non-hydrogen) atoms. The normalized spacial score (nSPS) is 11.0. The zero-order chi connectivity index (χ0) is 16.7. The summed E-state index contributed by atoms with van der Waals surface area (Å²) in [5.41, 5.74) is 3.28. The second-order valence-electron chi connectivity index (χ2n) is 5.48. The maximum Gasteiger partial charge on any atom is 0.262 e. The number of H-pyrrole nitrogens is 1. The Morgan fingerprint density at radius 3 is 2.38 bits per heavy atom. The molecule has 0 aliphatic carbocycles. The molecule has 3 heterocycles. The number of hydrogen-bond acceptors (Lipinski definition) is 4. The Morgan fingerprint density at radius 2 is 1.67 bits per heavy atom. The van der Waals surface area contributed by atoms with E-state index in [1.165, 1.54) is 4.52 Å². The van der Waals surface area contributed by atoms with Gasteiger partial charge in [-0.3, -0.25) is 9.78 Å². The van der Waals surface area contributed by atoms with Gasteiger partial charge in [0.05, 0.1) is 5.69 Å². The molecule has 0 amide bonds. The third kappa shape index (κ3) is 2.08. The SMILES string of the molecule is Cc1nn2c(O)c(-c3ccccc3)c(=O)[nH]c2c1-c1ccncc1. The molecule has 0 bridgehead atoms. The van der Waals surface area contributed by atoms with Gasteiger partial charge < -0.3 is 10.1 Å². The molecule has 0 saturated carbocycles. The fourth-order valence-corrected chi connectivity index (χ4v) is 2.90. The fourth-order valence-electron chi connectivity index (χ4n) is 2.90. The highest BCUT2D eigenvalue weighted by Gasteiger charge is 2.19. The van der Waals surface area contributed by atoms with Gasteiger partial charge >= 0.3 is 0 Å². The minimum atomic E-state index is -0.360. The number of aryl methyl sites for hydroxylation is 1. The van der Waals surface area contributed by atoms with E-state index in [0.717, 1.165) is 11.1 Å². The van der Waals surface area contributed by atoms with E-state index in [-0.39, 0.29) is 17.0 Å². The lowest BCUT2D eigenvalue weighted by Gasteiger charge is -2.06. The van der Waals surface area contributed by atoms with E-state index >= 15 is 0 Å². The molecule has 0 saturated heterocycles. The molecule has 6 heteroatoms. The Labute approximate surface area is 137 Å². The van der Waals surface area contributed by atoms with Crippen LogP contribution in [0.15, 0.2) is 59.7 Å². The average molecular weight is 318 g/mol. The van der Waals surface area contributed by atoms with Crippen LogP contribution in [0.25, 0.3) is 27.9 Å². The summed E-state index contributed by atoms with van der Waals surface area (Å²) in [6, 6.07) is 12.7. The average Bonchev–Trinajstić information content (AvgIpc) is 2.93. The predicted octanol–water partition coefficient (Wildman–Crippen LogP) is 2.77. The number of aromatic hydroxyl groups is 1. The predicted molar refractivity (Wildman–Crippen MR) is 90.9 cm³/mol. The Hall–Kier alpha value is -3.41. The Bertz CT molecular complexity index is 1080. The van der Waals surface area contributed by atoms with Crippen LogP contribution < -0.4 is 5.56 Å². The van der Waals surface area contributed by atoms with Crippen molar-refractivity contribution in [1.82, 2.24) is 19.6 Å². The van der Waals surface area contributed by atoms with Crippen LogP contribution in [0.4, 0.5) is 0 Å². The Balaban J connectivity index is 2.05. The molecule has 0 fully saturated rings. The van der Waals surface area contributed by atoms with Crippen molar-refractivity contribution in [1.29, 1.82) is 0 Å². The summed E-state index contributed by atoms with van der Waals surface area (Å²) in [7, 11) is 0. The smallest absolute Gasteiger partial charge is 0.262 e.